The highest BCUT2D eigenvalue weighted by Gasteiger charge is 2.35. The van der Waals surface area contributed by atoms with Gasteiger partial charge in [0.05, 0.1) is 0 Å². The van der Waals surface area contributed by atoms with Crippen LogP contribution in [0.1, 0.15) is 58.1 Å². The van der Waals surface area contributed by atoms with Crippen LogP contribution >= 0.6 is 0 Å². The summed E-state index contributed by atoms with van der Waals surface area (Å²) >= 11 is 0. The fourth-order valence-electron chi connectivity index (χ4n) is 4.38. The maximum Gasteiger partial charge on any atom is 0.407 e. The number of aliphatic carboxylic acids is 1. The minimum atomic E-state index is -1.12. The van der Waals surface area contributed by atoms with Crippen LogP contribution in [-0.2, 0) is 14.3 Å². The number of alkyl carbamates (subject to hydrolysis) is 1. The number of carboxylic acid groups (broad SMARTS) is 1. The number of benzene rings is 2. The van der Waals surface area contributed by atoms with Gasteiger partial charge in [-0.3, -0.25) is 4.79 Å². The van der Waals surface area contributed by atoms with Crippen molar-refractivity contribution in [1.29, 1.82) is 0 Å². The van der Waals surface area contributed by atoms with Crippen molar-refractivity contribution in [2.75, 3.05) is 6.61 Å². The molecule has 0 aliphatic heterocycles. The van der Waals surface area contributed by atoms with Gasteiger partial charge in [0.2, 0.25) is 5.91 Å². The van der Waals surface area contributed by atoms with Crippen LogP contribution in [0.2, 0.25) is 0 Å². The second-order valence-corrected chi connectivity index (χ2v) is 10.3. The molecule has 2 aromatic carbocycles. The van der Waals surface area contributed by atoms with Crippen LogP contribution in [0.5, 0.6) is 0 Å². The van der Waals surface area contributed by atoms with E-state index in [9.17, 15) is 19.5 Å². The monoisotopic (exact) mass is 466 g/mol. The zero-order chi connectivity index (χ0) is 25.0. The molecule has 0 saturated heterocycles. The summed E-state index contributed by atoms with van der Waals surface area (Å²) in [5, 5.41) is 14.8. The Labute approximate surface area is 200 Å². The molecule has 0 spiro atoms. The largest absolute Gasteiger partial charge is 0.480 e. The van der Waals surface area contributed by atoms with Gasteiger partial charge in [0.25, 0.3) is 0 Å². The first-order valence-corrected chi connectivity index (χ1v) is 11.6. The van der Waals surface area contributed by atoms with Crippen molar-refractivity contribution in [2.24, 2.45) is 11.3 Å². The molecule has 34 heavy (non-hydrogen) atoms. The van der Waals surface area contributed by atoms with E-state index in [0.29, 0.717) is 6.42 Å². The molecule has 0 fully saturated rings. The summed E-state index contributed by atoms with van der Waals surface area (Å²) in [6, 6.07) is 14.1. The summed E-state index contributed by atoms with van der Waals surface area (Å²) in [6.07, 6.45) is -0.350. The Morgan fingerprint density at radius 2 is 1.47 bits per heavy atom. The van der Waals surface area contributed by atoms with Crippen molar-refractivity contribution in [3.8, 4) is 11.1 Å². The molecular formula is C27H34N2O5. The molecule has 7 nitrogen and oxygen atoms in total. The number of nitrogens with one attached hydrogen (secondary N) is 2. The van der Waals surface area contributed by atoms with Crippen LogP contribution < -0.4 is 10.6 Å². The lowest BCUT2D eigenvalue weighted by atomic mass is 9.86. The van der Waals surface area contributed by atoms with Crippen molar-refractivity contribution >= 4 is 18.0 Å². The van der Waals surface area contributed by atoms with Crippen molar-refractivity contribution in [3.63, 3.8) is 0 Å². The summed E-state index contributed by atoms with van der Waals surface area (Å²) in [5.74, 6) is -1.65. The molecular weight excluding hydrogens is 432 g/mol. The summed E-state index contributed by atoms with van der Waals surface area (Å²) in [5.41, 5.74) is 3.77. The molecule has 1 aliphatic carbocycles. The van der Waals surface area contributed by atoms with Crippen molar-refractivity contribution in [2.45, 2.75) is 59.0 Å². The number of hydrogen-bond donors (Lipinski definition) is 3. The lowest BCUT2D eigenvalue weighted by Gasteiger charge is -2.30. The summed E-state index contributed by atoms with van der Waals surface area (Å²) < 4.78 is 5.58. The Kier molecular flexibility index (Phi) is 7.64. The van der Waals surface area contributed by atoms with Crippen LogP contribution in [-0.4, -0.2) is 41.8 Å². The third kappa shape index (κ3) is 5.76. The molecule has 182 valence electrons. The SMILES string of the molecule is CC(C)C[C@H](NC(=O)OCC1c2ccccc2-c2ccccc21)C(=O)N[C@@H](C(=O)O)C(C)(C)C. The van der Waals surface area contributed by atoms with E-state index in [2.05, 4.69) is 22.8 Å². The van der Waals surface area contributed by atoms with E-state index in [1.165, 1.54) is 0 Å². The summed E-state index contributed by atoms with van der Waals surface area (Å²) in [6.45, 7) is 9.21. The second-order valence-electron chi connectivity index (χ2n) is 10.3. The van der Waals surface area contributed by atoms with E-state index >= 15 is 0 Å². The van der Waals surface area contributed by atoms with Crippen LogP contribution in [0.25, 0.3) is 11.1 Å². The Hall–Kier alpha value is -3.35. The standard InChI is InChI=1S/C27H34N2O5/c1-16(2)14-22(24(30)29-23(25(31)32)27(3,4)5)28-26(33)34-15-21-19-12-8-6-10-17(19)18-11-7-9-13-20(18)21/h6-13,16,21-23H,14-15H2,1-5H3,(H,28,33)(H,29,30)(H,31,32)/t22-,23-/m0/s1. The number of fused-ring (bicyclic) bond motifs is 3. The topological polar surface area (TPSA) is 105 Å². The molecule has 0 heterocycles. The van der Waals surface area contributed by atoms with Gasteiger partial charge >= 0.3 is 12.1 Å². The van der Waals surface area contributed by atoms with Gasteiger partial charge in [-0.25, -0.2) is 9.59 Å². The van der Waals surface area contributed by atoms with E-state index < -0.39 is 35.5 Å². The van der Waals surface area contributed by atoms with Gasteiger partial charge in [0.15, 0.2) is 0 Å². The van der Waals surface area contributed by atoms with Gasteiger partial charge < -0.3 is 20.5 Å². The van der Waals surface area contributed by atoms with Gasteiger partial charge in [-0.1, -0.05) is 83.1 Å². The van der Waals surface area contributed by atoms with Crippen molar-refractivity contribution in [1.82, 2.24) is 10.6 Å². The van der Waals surface area contributed by atoms with Gasteiger partial charge in [0, 0.05) is 5.92 Å². The molecule has 0 saturated carbocycles. The summed E-state index contributed by atoms with van der Waals surface area (Å²) in [7, 11) is 0. The highest BCUT2D eigenvalue weighted by Crippen LogP contribution is 2.44. The zero-order valence-corrected chi connectivity index (χ0v) is 20.4. The van der Waals surface area contributed by atoms with Crippen LogP contribution in [0, 0.1) is 11.3 Å². The van der Waals surface area contributed by atoms with Crippen LogP contribution in [0.3, 0.4) is 0 Å². The number of amides is 2. The first-order valence-electron chi connectivity index (χ1n) is 11.6. The minimum Gasteiger partial charge on any atom is -0.480 e. The number of carbonyl (C=O) groups is 3. The highest BCUT2D eigenvalue weighted by atomic mass is 16.5. The maximum atomic E-state index is 12.9. The Morgan fingerprint density at radius 3 is 1.94 bits per heavy atom. The Balaban J connectivity index is 1.69. The first-order chi connectivity index (χ1) is 16.0. The maximum absolute atomic E-state index is 12.9. The van der Waals surface area contributed by atoms with Gasteiger partial charge in [0.1, 0.15) is 18.7 Å². The molecule has 3 N–H and O–H groups in total. The number of carbonyl (C=O) groups excluding carboxylic acids is 2. The Morgan fingerprint density at radius 1 is 0.941 bits per heavy atom. The van der Waals surface area contributed by atoms with E-state index in [1.807, 2.05) is 50.2 Å². The second kappa shape index (κ2) is 10.3. The third-order valence-electron chi connectivity index (χ3n) is 6.06. The number of hydrogen-bond acceptors (Lipinski definition) is 4. The normalized spacial score (nSPS) is 14.6. The molecule has 0 aromatic heterocycles. The van der Waals surface area contributed by atoms with Crippen molar-refractivity contribution < 1.29 is 24.2 Å². The molecule has 2 atom stereocenters. The highest BCUT2D eigenvalue weighted by molar-refractivity contribution is 5.89. The fourth-order valence-corrected chi connectivity index (χ4v) is 4.38. The van der Waals surface area contributed by atoms with Crippen LogP contribution in [0.4, 0.5) is 4.79 Å². The van der Waals surface area contributed by atoms with E-state index in [1.54, 1.807) is 20.8 Å². The molecule has 0 unspecified atom stereocenters. The quantitative estimate of drug-likeness (QED) is 0.529. The number of carboxylic acids is 1. The average Bonchev–Trinajstić information content (AvgIpc) is 3.08. The molecule has 0 radical (unpaired) electrons. The first kappa shape index (κ1) is 25.3. The third-order valence-corrected chi connectivity index (χ3v) is 6.06. The zero-order valence-electron chi connectivity index (χ0n) is 20.4. The molecule has 0 bridgehead atoms. The van der Waals surface area contributed by atoms with Crippen molar-refractivity contribution in [3.05, 3.63) is 59.7 Å². The fraction of sp³-hybridized carbons (Fsp3) is 0.444. The summed E-state index contributed by atoms with van der Waals surface area (Å²) in [4.78, 5) is 37.3. The lowest BCUT2D eigenvalue weighted by molar-refractivity contribution is -0.145. The molecule has 2 amide bonds. The molecule has 7 heteroatoms. The van der Waals surface area contributed by atoms with E-state index in [-0.39, 0.29) is 18.4 Å². The smallest absolute Gasteiger partial charge is 0.407 e. The molecule has 3 rings (SSSR count). The molecule has 1 aliphatic rings. The van der Waals surface area contributed by atoms with Crippen LogP contribution in [0.15, 0.2) is 48.5 Å². The van der Waals surface area contributed by atoms with E-state index in [0.717, 1.165) is 22.3 Å². The van der Waals surface area contributed by atoms with Gasteiger partial charge in [-0.05, 0) is 40.0 Å². The lowest BCUT2D eigenvalue weighted by Crippen LogP contribution is -2.55. The van der Waals surface area contributed by atoms with Gasteiger partial charge in [-0.15, -0.1) is 0 Å². The Bertz CT molecular complexity index is 1010. The van der Waals surface area contributed by atoms with Gasteiger partial charge in [-0.2, -0.15) is 0 Å². The number of rotatable bonds is 8. The van der Waals surface area contributed by atoms with E-state index in [4.69, 9.17) is 4.74 Å². The minimum absolute atomic E-state index is 0.0900. The number of ether oxygens (including phenoxy) is 1. The predicted molar refractivity (Wildman–Crippen MR) is 130 cm³/mol. The predicted octanol–water partition coefficient (Wildman–Crippen LogP) is 4.56. The average molecular weight is 467 g/mol. The molecule has 2 aromatic rings.